The average molecular weight is 427 g/mol. The highest BCUT2D eigenvalue weighted by Gasteiger charge is 2.23. The number of fused-ring (bicyclic) bond motifs is 1. The molecule has 0 radical (unpaired) electrons. The zero-order valence-corrected chi connectivity index (χ0v) is 17.8. The van der Waals surface area contributed by atoms with Gasteiger partial charge in [-0.05, 0) is 50.1 Å². The van der Waals surface area contributed by atoms with Crippen LogP contribution in [0.4, 0.5) is 0 Å². The van der Waals surface area contributed by atoms with Gasteiger partial charge in [-0.1, -0.05) is 31.0 Å². The second kappa shape index (κ2) is 8.57. The molecule has 1 saturated carbocycles. The van der Waals surface area contributed by atoms with E-state index in [-0.39, 0.29) is 16.8 Å². The molecule has 0 spiro atoms. The number of nitrogens with zero attached hydrogens (tertiary/aromatic N) is 2. The number of rotatable bonds is 7. The summed E-state index contributed by atoms with van der Waals surface area (Å²) in [4.78, 5) is 17.2. The fraction of sp³-hybridized carbons (Fsp3) is 0.364. The number of carbonyl (C=O) groups is 1. The summed E-state index contributed by atoms with van der Waals surface area (Å²) in [5, 5.41) is 2.88. The molecule has 4 rings (SSSR count). The van der Waals surface area contributed by atoms with Crippen molar-refractivity contribution >= 4 is 27.0 Å². The van der Waals surface area contributed by atoms with E-state index in [4.69, 9.17) is 0 Å². The molecule has 7 nitrogen and oxygen atoms in total. The zero-order chi connectivity index (χ0) is 21.1. The molecule has 1 heterocycles. The molecule has 0 bridgehead atoms. The molecular formula is C22H26N4O3S. The summed E-state index contributed by atoms with van der Waals surface area (Å²) in [6, 6.07) is 14.0. The number of hydrogen-bond acceptors (Lipinski definition) is 4. The van der Waals surface area contributed by atoms with E-state index < -0.39 is 10.0 Å². The second-order valence-corrected chi connectivity index (χ2v) is 9.40. The van der Waals surface area contributed by atoms with Gasteiger partial charge in [-0.15, -0.1) is 0 Å². The van der Waals surface area contributed by atoms with Gasteiger partial charge in [0.1, 0.15) is 5.82 Å². The van der Waals surface area contributed by atoms with Crippen molar-refractivity contribution in [2.75, 3.05) is 6.54 Å². The lowest BCUT2D eigenvalue weighted by Crippen LogP contribution is -2.33. The predicted octanol–water partition coefficient (Wildman–Crippen LogP) is 3.00. The normalized spacial score (nSPS) is 15.0. The Morgan fingerprint density at radius 1 is 1.13 bits per heavy atom. The Morgan fingerprint density at radius 2 is 1.90 bits per heavy atom. The van der Waals surface area contributed by atoms with Gasteiger partial charge < -0.3 is 9.88 Å². The molecule has 2 aromatic carbocycles. The van der Waals surface area contributed by atoms with Crippen LogP contribution in [-0.4, -0.2) is 36.5 Å². The zero-order valence-electron chi connectivity index (χ0n) is 17.0. The van der Waals surface area contributed by atoms with E-state index in [1.807, 2.05) is 31.2 Å². The Bertz CT molecular complexity index is 1160. The minimum Gasteiger partial charge on any atom is -0.350 e. The first-order chi connectivity index (χ1) is 14.4. The van der Waals surface area contributed by atoms with E-state index in [9.17, 15) is 13.2 Å². The lowest BCUT2D eigenvalue weighted by molar-refractivity contribution is 0.0952. The molecule has 2 N–H and O–H groups in total. The van der Waals surface area contributed by atoms with Crippen LogP contribution in [0.1, 0.15) is 41.9 Å². The summed E-state index contributed by atoms with van der Waals surface area (Å²) in [5.74, 6) is 0.589. The predicted molar refractivity (Wildman–Crippen MR) is 116 cm³/mol. The van der Waals surface area contributed by atoms with Crippen LogP contribution >= 0.6 is 0 Å². The third-order valence-electron chi connectivity index (χ3n) is 5.55. The van der Waals surface area contributed by atoms with Crippen molar-refractivity contribution in [1.29, 1.82) is 0 Å². The van der Waals surface area contributed by atoms with E-state index >= 15 is 0 Å². The van der Waals surface area contributed by atoms with Gasteiger partial charge in [0.25, 0.3) is 5.91 Å². The van der Waals surface area contributed by atoms with Crippen LogP contribution in [0.3, 0.4) is 0 Å². The number of carbonyl (C=O) groups excluding carboxylic acids is 1. The maximum absolute atomic E-state index is 12.6. The second-order valence-electron chi connectivity index (χ2n) is 7.69. The molecule has 0 saturated heterocycles. The minimum absolute atomic E-state index is 0.0132. The maximum atomic E-state index is 12.6. The first kappa shape index (κ1) is 20.6. The summed E-state index contributed by atoms with van der Waals surface area (Å²) >= 11 is 0. The number of para-hydroxylation sites is 2. The minimum atomic E-state index is -3.63. The van der Waals surface area contributed by atoms with Crippen LogP contribution in [0, 0.1) is 6.92 Å². The standard InChI is InChI=1S/C22H26N4O3S/c1-16-24-20-11-4-5-12-21(20)26(16)14-13-23-22(27)17-7-6-10-19(15-17)30(28,29)25-18-8-2-3-9-18/h4-7,10-12,15,18,25H,2-3,8-9,13-14H2,1H3,(H,23,27). The number of imidazole rings is 1. The lowest BCUT2D eigenvalue weighted by atomic mass is 10.2. The third-order valence-corrected chi connectivity index (χ3v) is 7.07. The van der Waals surface area contributed by atoms with Crippen LogP contribution in [0.5, 0.6) is 0 Å². The van der Waals surface area contributed by atoms with Gasteiger partial charge in [0.2, 0.25) is 10.0 Å². The number of aryl methyl sites for hydroxylation is 1. The van der Waals surface area contributed by atoms with E-state index in [2.05, 4.69) is 19.6 Å². The lowest BCUT2D eigenvalue weighted by Gasteiger charge is -2.13. The Kier molecular flexibility index (Phi) is 5.87. The first-order valence-electron chi connectivity index (χ1n) is 10.3. The SMILES string of the molecule is Cc1nc2ccccc2n1CCNC(=O)c1cccc(S(=O)(=O)NC2CCCC2)c1. The molecule has 1 amide bonds. The Balaban J connectivity index is 1.41. The molecule has 0 unspecified atom stereocenters. The highest BCUT2D eigenvalue weighted by molar-refractivity contribution is 7.89. The summed E-state index contributed by atoms with van der Waals surface area (Å²) < 4.78 is 30.1. The molecule has 1 aliphatic carbocycles. The molecular weight excluding hydrogens is 400 g/mol. The van der Waals surface area contributed by atoms with E-state index in [1.54, 1.807) is 12.1 Å². The van der Waals surface area contributed by atoms with Gasteiger partial charge in [0.15, 0.2) is 0 Å². The van der Waals surface area contributed by atoms with Gasteiger partial charge >= 0.3 is 0 Å². The van der Waals surface area contributed by atoms with Crippen LogP contribution in [0.2, 0.25) is 0 Å². The Hall–Kier alpha value is -2.71. The molecule has 30 heavy (non-hydrogen) atoms. The number of sulfonamides is 1. The molecule has 0 aliphatic heterocycles. The molecule has 0 atom stereocenters. The number of aromatic nitrogens is 2. The van der Waals surface area contributed by atoms with Crippen LogP contribution in [-0.2, 0) is 16.6 Å². The van der Waals surface area contributed by atoms with Gasteiger partial charge in [-0.2, -0.15) is 0 Å². The molecule has 1 fully saturated rings. The van der Waals surface area contributed by atoms with Crippen LogP contribution < -0.4 is 10.0 Å². The molecule has 3 aromatic rings. The van der Waals surface area contributed by atoms with Crippen molar-refractivity contribution in [2.45, 2.75) is 50.1 Å². The fourth-order valence-electron chi connectivity index (χ4n) is 4.00. The largest absolute Gasteiger partial charge is 0.350 e. The summed E-state index contributed by atoms with van der Waals surface area (Å²) in [5.41, 5.74) is 2.28. The number of benzene rings is 2. The molecule has 1 aliphatic rings. The highest BCUT2D eigenvalue weighted by atomic mass is 32.2. The number of amides is 1. The molecule has 1 aromatic heterocycles. The average Bonchev–Trinajstić information content (AvgIpc) is 3.35. The smallest absolute Gasteiger partial charge is 0.251 e. The van der Waals surface area contributed by atoms with Crippen molar-refractivity contribution < 1.29 is 13.2 Å². The summed E-state index contributed by atoms with van der Waals surface area (Å²) in [6.45, 7) is 2.93. The van der Waals surface area contributed by atoms with Gasteiger partial charge in [0, 0.05) is 24.7 Å². The number of nitrogens with one attached hydrogen (secondary N) is 2. The van der Waals surface area contributed by atoms with E-state index in [0.717, 1.165) is 42.5 Å². The number of hydrogen-bond donors (Lipinski definition) is 2. The van der Waals surface area contributed by atoms with Gasteiger partial charge in [0.05, 0.1) is 15.9 Å². The summed E-state index contributed by atoms with van der Waals surface area (Å²) in [6.07, 6.45) is 3.81. The van der Waals surface area contributed by atoms with Crippen molar-refractivity contribution in [3.63, 3.8) is 0 Å². The monoisotopic (exact) mass is 426 g/mol. The molecule has 8 heteroatoms. The first-order valence-corrected chi connectivity index (χ1v) is 11.7. The van der Waals surface area contributed by atoms with Crippen molar-refractivity contribution in [3.05, 3.63) is 59.9 Å². The maximum Gasteiger partial charge on any atom is 0.251 e. The summed E-state index contributed by atoms with van der Waals surface area (Å²) in [7, 11) is -3.63. The van der Waals surface area contributed by atoms with Gasteiger partial charge in [-0.25, -0.2) is 18.1 Å². The quantitative estimate of drug-likeness (QED) is 0.607. The molecule has 158 valence electrons. The van der Waals surface area contributed by atoms with Crippen molar-refractivity contribution in [2.24, 2.45) is 0 Å². The fourth-order valence-corrected chi connectivity index (χ4v) is 5.35. The van der Waals surface area contributed by atoms with Crippen LogP contribution in [0.15, 0.2) is 53.4 Å². The van der Waals surface area contributed by atoms with E-state index in [0.29, 0.717) is 18.7 Å². The van der Waals surface area contributed by atoms with Crippen LogP contribution in [0.25, 0.3) is 11.0 Å². The van der Waals surface area contributed by atoms with Gasteiger partial charge in [-0.3, -0.25) is 4.79 Å². The van der Waals surface area contributed by atoms with Crippen molar-refractivity contribution in [1.82, 2.24) is 19.6 Å². The Labute approximate surface area is 176 Å². The Morgan fingerprint density at radius 3 is 2.70 bits per heavy atom. The highest BCUT2D eigenvalue weighted by Crippen LogP contribution is 2.21. The van der Waals surface area contributed by atoms with E-state index in [1.165, 1.54) is 12.1 Å². The third kappa shape index (κ3) is 4.39. The van der Waals surface area contributed by atoms with Crippen molar-refractivity contribution in [3.8, 4) is 0 Å². The topological polar surface area (TPSA) is 93.1 Å².